The molecule has 0 bridgehead atoms. The minimum absolute atomic E-state index is 0.186. The number of halogens is 1. The van der Waals surface area contributed by atoms with Crippen molar-refractivity contribution in [2.45, 2.75) is 25.9 Å². The average molecular weight is 257 g/mol. The second-order valence-electron chi connectivity index (χ2n) is 4.31. The molecule has 0 unspecified atom stereocenters. The molecule has 1 aliphatic rings. The maximum atomic E-state index is 12.0. The minimum Gasteiger partial charge on any atom is -0.337 e. The van der Waals surface area contributed by atoms with Crippen molar-refractivity contribution in [2.75, 3.05) is 19.6 Å². The van der Waals surface area contributed by atoms with Gasteiger partial charge in [-0.05, 0) is 6.92 Å². The molecule has 5 nitrogen and oxygen atoms in total. The first-order chi connectivity index (χ1) is 8.16. The molecule has 1 amide bonds. The summed E-state index contributed by atoms with van der Waals surface area (Å²) in [4.78, 5) is 13.9. The fraction of sp³-hybridized carbons (Fsp3) is 0.636. The van der Waals surface area contributed by atoms with Crippen molar-refractivity contribution in [1.29, 1.82) is 0 Å². The first-order valence-corrected chi connectivity index (χ1v) is 6.23. The highest BCUT2D eigenvalue weighted by Gasteiger charge is 2.22. The zero-order chi connectivity index (χ0) is 12.3. The summed E-state index contributed by atoms with van der Waals surface area (Å²) in [6.07, 6.45) is 3.79. The highest BCUT2D eigenvalue weighted by Crippen LogP contribution is 2.08. The lowest BCUT2D eigenvalue weighted by Gasteiger charge is -2.34. The van der Waals surface area contributed by atoms with E-state index in [0.717, 1.165) is 19.6 Å². The van der Waals surface area contributed by atoms with Gasteiger partial charge in [0.1, 0.15) is 0 Å². The molecule has 0 spiro atoms. The summed E-state index contributed by atoms with van der Waals surface area (Å²) >= 11 is 5.76. The van der Waals surface area contributed by atoms with Crippen LogP contribution < -0.4 is 5.32 Å². The Morgan fingerprint density at radius 2 is 2.53 bits per heavy atom. The van der Waals surface area contributed by atoms with E-state index in [4.69, 9.17) is 11.6 Å². The van der Waals surface area contributed by atoms with Crippen LogP contribution in [0.25, 0.3) is 0 Å². The smallest absolute Gasteiger partial charge is 0.224 e. The standard InChI is InChI=1S/C11H17ClN4O/c1-9-6-13-3-5-16(9)11(17)2-4-15-8-10(12)7-14-15/h7-9,13H,2-6H2,1H3/t9-/m1/s1. The maximum absolute atomic E-state index is 12.0. The Bertz CT molecular complexity index is 393. The average Bonchev–Trinajstić information content (AvgIpc) is 2.73. The molecule has 1 atom stereocenters. The number of nitrogens with one attached hydrogen (secondary N) is 1. The van der Waals surface area contributed by atoms with E-state index in [9.17, 15) is 4.79 Å². The van der Waals surface area contributed by atoms with Crippen LogP contribution in [0.3, 0.4) is 0 Å². The van der Waals surface area contributed by atoms with Crippen molar-refractivity contribution in [1.82, 2.24) is 20.0 Å². The molecule has 1 saturated heterocycles. The molecule has 0 aromatic carbocycles. The first kappa shape index (κ1) is 12.4. The summed E-state index contributed by atoms with van der Waals surface area (Å²) in [5.41, 5.74) is 0. The van der Waals surface area contributed by atoms with Gasteiger partial charge >= 0.3 is 0 Å². The van der Waals surface area contributed by atoms with Crippen LogP contribution in [0.1, 0.15) is 13.3 Å². The summed E-state index contributed by atoms with van der Waals surface area (Å²) in [7, 11) is 0. The molecule has 0 aliphatic carbocycles. The topological polar surface area (TPSA) is 50.2 Å². The van der Waals surface area contributed by atoms with Crippen LogP contribution in [0.4, 0.5) is 0 Å². The highest BCUT2D eigenvalue weighted by molar-refractivity contribution is 6.30. The number of carbonyl (C=O) groups is 1. The monoisotopic (exact) mass is 256 g/mol. The van der Waals surface area contributed by atoms with Gasteiger partial charge in [-0.3, -0.25) is 9.48 Å². The van der Waals surface area contributed by atoms with E-state index in [1.165, 1.54) is 0 Å². The second kappa shape index (κ2) is 5.51. The number of carbonyl (C=O) groups excluding carboxylic acids is 1. The van der Waals surface area contributed by atoms with Crippen molar-refractivity contribution in [3.8, 4) is 0 Å². The summed E-state index contributed by atoms with van der Waals surface area (Å²) in [5, 5.41) is 7.93. The van der Waals surface area contributed by atoms with Gasteiger partial charge in [0.05, 0.1) is 11.2 Å². The SMILES string of the molecule is C[C@@H]1CNCCN1C(=O)CCn1cc(Cl)cn1. The Kier molecular flexibility index (Phi) is 4.02. The van der Waals surface area contributed by atoms with E-state index in [2.05, 4.69) is 17.3 Å². The Morgan fingerprint density at radius 3 is 3.18 bits per heavy atom. The third-order valence-electron chi connectivity index (χ3n) is 2.98. The van der Waals surface area contributed by atoms with Gasteiger partial charge in [-0.25, -0.2) is 0 Å². The third kappa shape index (κ3) is 3.20. The molecule has 94 valence electrons. The number of nitrogens with zero attached hydrogens (tertiary/aromatic N) is 3. The summed E-state index contributed by atoms with van der Waals surface area (Å²) in [6, 6.07) is 0.275. The molecule has 0 radical (unpaired) electrons. The van der Waals surface area contributed by atoms with Crippen molar-refractivity contribution < 1.29 is 4.79 Å². The highest BCUT2D eigenvalue weighted by atomic mass is 35.5. The predicted molar refractivity (Wildman–Crippen MR) is 65.9 cm³/mol. The van der Waals surface area contributed by atoms with Crippen LogP contribution in [0.5, 0.6) is 0 Å². The molecule has 1 aliphatic heterocycles. The Balaban J connectivity index is 1.84. The van der Waals surface area contributed by atoms with E-state index >= 15 is 0 Å². The Hall–Kier alpha value is -1.07. The van der Waals surface area contributed by atoms with Crippen LogP contribution in [-0.2, 0) is 11.3 Å². The molecule has 2 heterocycles. The molecule has 1 N–H and O–H groups in total. The van der Waals surface area contributed by atoms with Crippen LogP contribution in [0.2, 0.25) is 5.02 Å². The predicted octanol–water partition coefficient (Wildman–Crippen LogP) is 0.747. The van der Waals surface area contributed by atoms with Gasteiger partial charge in [0.25, 0.3) is 0 Å². The lowest BCUT2D eigenvalue weighted by molar-refractivity contribution is -0.134. The zero-order valence-corrected chi connectivity index (χ0v) is 10.7. The first-order valence-electron chi connectivity index (χ1n) is 5.85. The molecule has 1 fully saturated rings. The fourth-order valence-electron chi connectivity index (χ4n) is 2.03. The van der Waals surface area contributed by atoms with Crippen molar-refractivity contribution in [3.63, 3.8) is 0 Å². The molecule has 1 aromatic heterocycles. The van der Waals surface area contributed by atoms with Crippen LogP contribution in [0, 0.1) is 0 Å². The quantitative estimate of drug-likeness (QED) is 0.868. The molecular weight excluding hydrogens is 240 g/mol. The van der Waals surface area contributed by atoms with Crippen LogP contribution in [-0.4, -0.2) is 46.3 Å². The number of piperazine rings is 1. The maximum Gasteiger partial charge on any atom is 0.224 e. The number of hydrogen-bond donors (Lipinski definition) is 1. The van der Waals surface area contributed by atoms with Crippen LogP contribution >= 0.6 is 11.6 Å². The Morgan fingerprint density at radius 1 is 1.71 bits per heavy atom. The number of amides is 1. The minimum atomic E-state index is 0.186. The largest absolute Gasteiger partial charge is 0.337 e. The second-order valence-corrected chi connectivity index (χ2v) is 4.75. The van der Waals surface area contributed by atoms with Gasteiger partial charge in [-0.1, -0.05) is 11.6 Å². The molecule has 6 heteroatoms. The van der Waals surface area contributed by atoms with E-state index < -0.39 is 0 Å². The lowest BCUT2D eigenvalue weighted by Crippen LogP contribution is -2.52. The van der Waals surface area contributed by atoms with E-state index in [0.29, 0.717) is 18.0 Å². The number of aromatic nitrogens is 2. The van der Waals surface area contributed by atoms with Crippen molar-refractivity contribution in [2.24, 2.45) is 0 Å². The van der Waals surface area contributed by atoms with Gasteiger partial charge in [-0.15, -0.1) is 0 Å². The van der Waals surface area contributed by atoms with E-state index in [1.54, 1.807) is 17.1 Å². The number of rotatable bonds is 3. The van der Waals surface area contributed by atoms with Crippen molar-refractivity contribution >= 4 is 17.5 Å². The number of hydrogen-bond acceptors (Lipinski definition) is 3. The Labute approximate surface area is 106 Å². The molecular formula is C11H17ClN4O. The lowest BCUT2D eigenvalue weighted by atomic mass is 10.2. The summed E-state index contributed by atoms with van der Waals surface area (Å²) < 4.78 is 1.70. The summed E-state index contributed by atoms with van der Waals surface area (Å²) in [6.45, 7) is 5.19. The molecule has 2 rings (SSSR count). The van der Waals surface area contributed by atoms with Gasteiger partial charge in [0.15, 0.2) is 0 Å². The van der Waals surface area contributed by atoms with Gasteiger partial charge < -0.3 is 10.2 Å². The fourth-order valence-corrected chi connectivity index (χ4v) is 2.18. The third-order valence-corrected chi connectivity index (χ3v) is 3.17. The molecule has 1 aromatic rings. The van der Waals surface area contributed by atoms with Gasteiger partial charge in [0.2, 0.25) is 5.91 Å². The van der Waals surface area contributed by atoms with Crippen molar-refractivity contribution in [3.05, 3.63) is 17.4 Å². The van der Waals surface area contributed by atoms with Gasteiger partial charge in [0, 0.05) is 44.8 Å². The van der Waals surface area contributed by atoms with E-state index in [-0.39, 0.29) is 11.9 Å². The number of aryl methyl sites for hydroxylation is 1. The molecule has 17 heavy (non-hydrogen) atoms. The summed E-state index contributed by atoms with van der Waals surface area (Å²) in [5.74, 6) is 0.186. The molecule has 0 saturated carbocycles. The van der Waals surface area contributed by atoms with E-state index in [1.807, 2.05) is 4.90 Å². The van der Waals surface area contributed by atoms with Crippen LogP contribution in [0.15, 0.2) is 12.4 Å². The van der Waals surface area contributed by atoms with Gasteiger partial charge in [-0.2, -0.15) is 5.10 Å². The normalized spacial score (nSPS) is 20.6. The zero-order valence-electron chi connectivity index (χ0n) is 9.90.